The summed E-state index contributed by atoms with van der Waals surface area (Å²) in [6, 6.07) is 1.73. The third-order valence-corrected chi connectivity index (χ3v) is 5.69. The van der Waals surface area contributed by atoms with E-state index in [2.05, 4.69) is 18.7 Å². The van der Waals surface area contributed by atoms with Gasteiger partial charge in [0.2, 0.25) is 0 Å². The van der Waals surface area contributed by atoms with Crippen molar-refractivity contribution in [3.05, 3.63) is 0 Å². The minimum absolute atomic E-state index is 0.703. The summed E-state index contributed by atoms with van der Waals surface area (Å²) < 4.78 is 0. The molecule has 2 fully saturated rings. The molecule has 0 amide bonds. The molecule has 2 aliphatic rings. The molecule has 2 saturated carbocycles. The number of nitrogens with zero attached hydrogens (tertiary/aromatic N) is 1. The Morgan fingerprint density at radius 2 is 1.33 bits per heavy atom. The maximum Gasteiger partial charge on any atom is 0.00983 e. The molecule has 2 N–H and O–H groups in total. The summed E-state index contributed by atoms with van der Waals surface area (Å²) in [5.74, 6) is 1.48. The van der Waals surface area contributed by atoms with Gasteiger partial charge >= 0.3 is 0 Å². The van der Waals surface area contributed by atoms with Crippen LogP contribution >= 0.6 is 0 Å². The van der Waals surface area contributed by atoms with Crippen LogP contribution < -0.4 is 5.73 Å². The Bertz CT molecular complexity index is 247. The Hall–Kier alpha value is -0.0800. The van der Waals surface area contributed by atoms with E-state index in [1.54, 1.807) is 0 Å². The van der Waals surface area contributed by atoms with Crippen LogP contribution in [0, 0.1) is 11.8 Å². The first-order valence-electron chi connectivity index (χ1n) is 9.66. The predicted molar refractivity (Wildman–Crippen MR) is 92.5 cm³/mol. The average Bonchev–Trinajstić information content (AvgIpc) is 2.52. The molecule has 0 aliphatic heterocycles. The van der Waals surface area contributed by atoms with Gasteiger partial charge < -0.3 is 5.73 Å². The van der Waals surface area contributed by atoms with Crippen LogP contribution in [0.5, 0.6) is 0 Å². The van der Waals surface area contributed by atoms with Gasteiger partial charge in [-0.15, -0.1) is 0 Å². The van der Waals surface area contributed by atoms with E-state index >= 15 is 0 Å². The highest BCUT2D eigenvalue weighted by molar-refractivity contribution is 4.85. The van der Waals surface area contributed by atoms with E-state index < -0.39 is 0 Å². The van der Waals surface area contributed by atoms with Crippen LogP contribution in [0.3, 0.4) is 0 Å². The van der Waals surface area contributed by atoms with E-state index in [1.807, 2.05) is 0 Å². The summed E-state index contributed by atoms with van der Waals surface area (Å²) in [6.07, 6.45) is 15.8. The van der Waals surface area contributed by atoms with E-state index in [0.29, 0.717) is 5.92 Å². The summed E-state index contributed by atoms with van der Waals surface area (Å²) in [7, 11) is 0. The summed E-state index contributed by atoms with van der Waals surface area (Å²) in [4.78, 5) is 2.93. The molecule has 21 heavy (non-hydrogen) atoms. The lowest BCUT2D eigenvalue weighted by Crippen LogP contribution is -2.48. The summed E-state index contributed by atoms with van der Waals surface area (Å²) in [6.45, 7) is 6.82. The van der Waals surface area contributed by atoms with E-state index in [1.165, 1.54) is 77.2 Å². The molecule has 2 nitrogen and oxygen atoms in total. The Morgan fingerprint density at radius 3 is 1.71 bits per heavy atom. The zero-order chi connectivity index (χ0) is 15.1. The normalized spacial score (nSPS) is 23.9. The third-order valence-electron chi connectivity index (χ3n) is 5.69. The first kappa shape index (κ1) is 17.3. The molecular weight excluding hydrogens is 256 g/mol. The second kappa shape index (κ2) is 9.15. The molecule has 0 aromatic rings. The van der Waals surface area contributed by atoms with Gasteiger partial charge in [-0.25, -0.2) is 0 Å². The fourth-order valence-corrected chi connectivity index (χ4v) is 4.63. The van der Waals surface area contributed by atoms with Gasteiger partial charge in [0, 0.05) is 18.6 Å². The van der Waals surface area contributed by atoms with Crippen molar-refractivity contribution in [2.24, 2.45) is 17.6 Å². The lowest BCUT2D eigenvalue weighted by molar-refractivity contribution is 0.0617. The Morgan fingerprint density at radius 1 is 0.857 bits per heavy atom. The van der Waals surface area contributed by atoms with Gasteiger partial charge in [0.1, 0.15) is 0 Å². The maximum absolute atomic E-state index is 6.10. The van der Waals surface area contributed by atoms with Crippen LogP contribution in [0.1, 0.15) is 84.5 Å². The molecule has 0 spiro atoms. The van der Waals surface area contributed by atoms with Gasteiger partial charge in [0.05, 0.1) is 0 Å². The molecule has 0 heterocycles. The Kier molecular flexibility index (Phi) is 7.53. The first-order chi connectivity index (χ1) is 10.2. The van der Waals surface area contributed by atoms with E-state index in [0.717, 1.165) is 24.5 Å². The molecule has 1 atom stereocenters. The SMILES string of the molecule is CC(C)CC(CN)CN(C1CCCCC1)C1CCCCC1. The maximum atomic E-state index is 6.10. The van der Waals surface area contributed by atoms with Gasteiger partial charge in [-0.3, -0.25) is 4.90 Å². The topological polar surface area (TPSA) is 29.3 Å². The van der Waals surface area contributed by atoms with Crippen molar-refractivity contribution in [2.45, 2.75) is 96.6 Å². The van der Waals surface area contributed by atoms with E-state index in [4.69, 9.17) is 5.73 Å². The molecule has 2 heteroatoms. The third kappa shape index (κ3) is 5.56. The predicted octanol–water partition coefficient (Wildman–Crippen LogP) is 4.57. The zero-order valence-electron chi connectivity index (χ0n) is 14.5. The molecule has 0 bridgehead atoms. The van der Waals surface area contributed by atoms with E-state index in [9.17, 15) is 0 Å². The van der Waals surface area contributed by atoms with Crippen molar-refractivity contribution >= 4 is 0 Å². The highest BCUT2D eigenvalue weighted by Gasteiger charge is 2.30. The van der Waals surface area contributed by atoms with Crippen LogP contribution in [0.25, 0.3) is 0 Å². The Labute approximate surface area is 132 Å². The van der Waals surface area contributed by atoms with E-state index in [-0.39, 0.29) is 0 Å². The van der Waals surface area contributed by atoms with Gasteiger partial charge in [-0.2, -0.15) is 0 Å². The lowest BCUT2D eigenvalue weighted by atomic mass is 9.87. The largest absolute Gasteiger partial charge is 0.330 e. The minimum atomic E-state index is 0.703. The van der Waals surface area contributed by atoms with Gasteiger partial charge in [-0.05, 0) is 50.5 Å². The molecule has 0 saturated heterocycles. The highest BCUT2D eigenvalue weighted by atomic mass is 15.2. The lowest BCUT2D eigenvalue weighted by Gasteiger charge is -2.43. The number of hydrogen-bond donors (Lipinski definition) is 1. The molecular formula is C19H38N2. The van der Waals surface area contributed by atoms with Crippen molar-refractivity contribution < 1.29 is 0 Å². The van der Waals surface area contributed by atoms with Crippen LogP contribution in [-0.4, -0.2) is 30.1 Å². The van der Waals surface area contributed by atoms with Crippen molar-refractivity contribution in [1.82, 2.24) is 4.90 Å². The number of nitrogens with two attached hydrogens (primary N) is 1. The van der Waals surface area contributed by atoms with Crippen LogP contribution in [0.2, 0.25) is 0 Å². The standard InChI is InChI=1S/C19H38N2/c1-16(2)13-17(14-20)15-21(18-9-5-3-6-10-18)19-11-7-4-8-12-19/h16-19H,3-15,20H2,1-2H3. The molecule has 124 valence electrons. The summed E-state index contributed by atoms with van der Waals surface area (Å²) >= 11 is 0. The van der Waals surface area contributed by atoms with Crippen LogP contribution in [0.4, 0.5) is 0 Å². The smallest absolute Gasteiger partial charge is 0.00983 e. The Balaban J connectivity index is 1.98. The number of hydrogen-bond acceptors (Lipinski definition) is 2. The van der Waals surface area contributed by atoms with Crippen LogP contribution in [0.15, 0.2) is 0 Å². The molecule has 0 radical (unpaired) electrons. The second-order valence-corrected chi connectivity index (χ2v) is 8.01. The quantitative estimate of drug-likeness (QED) is 0.745. The highest BCUT2D eigenvalue weighted by Crippen LogP contribution is 2.31. The van der Waals surface area contributed by atoms with Gasteiger partial charge in [0.15, 0.2) is 0 Å². The minimum Gasteiger partial charge on any atom is -0.330 e. The van der Waals surface area contributed by atoms with Crippen molar-refractivity contribution in [1.29, 1.82) is 0 Å². The molecule has 2 aliphatic carbocycles. The van der Waals surface area contributed by atoms with Gasteiger partial charge in [0.25, 0.3) is 0 Å². The second-order valence-electron chi connectivity index (χ2n) is 8.01. The zero-order valence-corrected chi connectivity index (χ0v) is 14.5. The molecule has 0 aromatic heterocycles. The van der Waals surface area contributed by atoms with Crippen molar-refractivity contribution in [3.8, 4) is 0 Å². The first-order valence-corrected chi connectivity index (χ1v) is 9.66. The molecule has 2 rings (SSSR count). The van der Waals surface area contributed by atoms with Crippen molar-refractivity contribution in [2.75, 3.05) is 13.1 Å². The molecule has 0 aromatic carbocycles. The fourth-order valence-electron chi connectivity index (χ4n) is 4.63. The monoisotopic (exact) mass is 294 g/mol. The number of rotatable bonds is 7. The van der Waals surface area contributed by atoms with Crippen LogP contribution in [-0.2, 0) is 0 Å². The summed E-state index contributed by atoms with van der Waals surface area (Å²) in [5, 5.41) is 0. The molecule has 1 unspecified atom stereocenters. The fraction of sp³-hybridized carbons (Fsp3) is 1.00. The van der Waals surface area contributed by atoms with Gasteiger partial charge in [-0.1, -0.05) is 52.4 Å². The van der Waals surface area contributed by atoms with Crippen molar-refractivity contribution in [3.63, 3.8) is 0 Å². The average molecular weight is 295 g/mol. The summed E-state index contributed by atoms with van der Waals surface area (Å²) in [5.41, 5.74) is 6.10.